The first-order valence-electron chi connectivity index (χ1n) is 16.8. The Balaban J connectivity index is 1.09. The number of rotatable bonds is 7. The average Bonchev–Trinajstić information content (AvgIpc) is 3.15. The van der Waals surface area contributed by atoms with Crippen molar-refractivity contribution in [1.82, 2.24) is 19.8 Å². The minimum Gasteiger partial charge on any atom is -0.378 e. The number of likely N-dealkylation sites (N-methyl/N-ethyl adjacent to an activating group) is 1. The highest BCUT2D eigenvalue weighted by Crippen LogP contribution is 2.32. The van der Waals surface area contributed by atoms with Crippen LogP contribution in [0, 0.1) is 0 Å². The molecule has 0 aliphatic carbocycles. The van der Waals surface area contributed by atoms with E-state index in [4.69, 9.17) is 14.7 Å². The van der Waals surface area contributed by atoms with Gasteiger partial charge in [0.15, 0.2) is 15.7 Å². The fraction of sp³-hybridized carbons (Fsp3) is 0.263. The second kappa shape index (κ2) is 14.5. The van der Waals surface area contributed by atoms with Crippen LogP contribution in [-0.4, -0.2) is 106 Å². The Morgan fingerprint density at radius 1 is 0.725 bits per heavy atom. The standard InChI is InChI=1S/C38H39N7O5S/c1-43-16-18-45(19-17-43)37(46)27-8-13-31(14-9-27)40-38(47)39-30-11-6-26(7-12-30)35-41-34-25-29(28-4-3-5-32(24-28)51(2,48)49)10-15-33(34)36(42-35)44-20-22-50-23-21-44/h3-15,24-25H,16-23H2,1-2H3,(H2,39,40,47). The summed E-state index contributed by atoms with van der Waals surface area (Å²) in [5, 5.41) is 6.57. The molecule has 2 aliphatic heterocycles. The van der Waals surface area contributed by atoms with Crippen LogP contribution in [0.3, 0.4) is 0 Å². The van der Waals surface area contributed by atoms with Gasteiger partial charge in [0, 0.05) is 73.4 Å². The summed E-state index contributed by atoms with van der Waals surface area (Å²) in [6.07, 6.45) is 1.20. The number of ether oxygens (including phenoxy) is 1. The first-order valence-corrected chi connectivity index (χ1v) is 18.7. The van der Waals surface area contributed by atoms with Gasteiger partial charge >= 0.3 is 6.03 Å². The molecule has 12 nitrogen and oxygen atoms in total. The number of amides is 3. The zero-order chi connectivity index (χ0) is 35.5. The maximum absolute atomic E-state index is 12.9. The average molecular weight is 706 g/mol. The molecular formula is C38H39N7O5S. The number of nitrogens with one attached hydrogen (secondary N) is 2. The lowest BCUT2D eigenvalue weighted by Gasteiger charge is -2.32. The molecule has 2 saturated heterocycles. The highest BCUT2D eigenvalue weighted by molar-refractivity contribution is 7.90. The lowest BCUT2D eigenvalue weighted by atomic mass is 10.0. The molecule has 0 unspecified atom stereocenters. The molecule has 1 aromatic heterocycles. The molecule has 0 bridgehead atoms. The van der Waals surface area contributed by atoms with Crippen LogP contribution in [0.2, 0.25) is 0 Å². The molecule has 0 radical (unpaired) electrons. The summed E-state index contributed by atoms with van der Waals surface area (Å²) in [5.41, 5.74) is 4.85. The van der Waals surface area contributed by atoms with Crippen molar-refractivity contribution < 1.29 is 22.7 Å². The van der Waals surface area contributed by atoms with Crippen molar-refractivity contribution in [3.8, 4) is 22.5 Å². The van der Waals surface area contributed by atoms with Crippen molar-refractivity contribution in [2.75, 3.05) is 81.3 Å². The van der Waals surface area contributed by atoms with Gasteiger partial charge in [0.1, 0.15) is 5.82 Å². The maximum Gasteiger partial charge on any atom is 0.323 e. The van der Waals surface area contributed by atoms with Crippen molar-refractivity contribution in [3.05, 3.63) is 96.6 Å². The van der Waals surface area contributed by atoms with Gasteiger partial charge in [-0.2, -0.15) is 0 Å². The van der Waals surface area contributed by atoms with E-state index in [2.05, 4.69) is 20.4 Å². The van der Waals surface area contributed by atoms with Crippen LogP contribution in [-0.2, 0) is 14.6 Å². The van der Waals surface area contributed by atoms with Gasteiger partial charge in [0.05, 0.1) is 23.6 Å². The van der Waals surface area contributed by atoms with Crippen molar-refractivity contribution in [1.29, 1.82) is 0 Å². The van der Waals surface area contributed by atoms with Crippen LogP contribution < -0.4 is 15.5 Å². The third-order valence-electron chi connectivity index (χ3n) is 9.16. The zero-order valence-electron chi connectivity index (χ0n) is 28.5. The number of piperazine rings is 1. The number of hydrogen-bond acceptors (Lipinski definition) is 9. The fourth-order valence-corrected chi connectivity index (χ4v) is 6.90. The summed E-state index contributed by atoms with van der Waals surface area (Å²) >= 11 is 0. The number of nitrogens with zero attached hydrogens (tertiary/aromatic N) is 5. The summed E-state index contributed by atoms with van der Waals surface area (Å²) < 4.78 is 30.0. The number of hydrogen-bond donors (Lipinski definition) is 2. The van der Waals surface area contributed by atoms with Crippen LogP contribution in [0.15, 0.2) is 95.9 Å². The van der Waals surface area contributed by atoms with Crippen LogP contribution in [0.4, 0.5) is 22.0 Å². The lowest BCUT2D eigenvalue weighted by molar-refractivity contribution is 0.0664. The zero-order valence-corrected chi connectivity index (χ0v) is 29.3. The largest absolute Gasteiger partial charge is 0.378 e. The number of carbonyl (C=O) groups excluding carboxylic acids is 2. The van der Waals surface area contributed by atoms with E-state index in [0.29, 0.717) is 62.2 Å². The molecule has 0 spiro atoms. The Labute approximate surface area is 297 Å². The Bertz CT molecular complexity index is 2180. The van der Waals surface area contributed by atoms with Gasteiger partial charge in [-0.15, -0.1) is 0 Å². The van der Waals surface area contributed by atoms with Crippen molar-refractivity contribution in [2.45, 2.75) is 4.90 Å². The highest BCUT2D eigenvalue weighted by atomic mass is 32.2. The summed E-state index contributed by atoms with van der Waals surface area (Å²) in [7, 11) is -1.32. The Kier molecular flexibility index (Phi) is 9.67. The number of anilines is 3. The van der Waals surface area contributed by atoms with Gasteiger partial charge in [-0.1, -0.05) is 18.2 Å². The van der Waals surface area contributed by atoms with E-state index in [0.717, 1.165) is 46.5 Å². The monoisotopic (exact) mass is 705 g/mol. The Morgan fingerprint density at radius 3 is 2.02 bits per heavy atom. The van der Waals surface area contributed by atoms with Gasteiger partial charge < -0.3 is 30.1 Å². The van der Waals surface area contributed by atoms with Crippen molar-refractivity contribution >= 4 is 49.9 Å². The molecule has 2 aliphatic rings. The molecule has 7 rings (SSSR count). The molecular weight excluding hydrogens is 667 g/mol. The minimum absolute atomic E-state index is 0.00789. The van der Waals surface area contributed by atoms with Gasteiger partial charge in [0.2, 0.25) is 0 Å². The highest BCUT2D eigenvalue weighted by Gasteiger charge is 2.21. The predicted molar refractivity (Wildman–Crippen MR) is 199 cm³/mol. The van der Waals surface area contributed by atoms with Gasteiger partial charge in [-0.25, -0.2) is 23.2 Å². The summed E-state index contributed by atoms with van der Waals surface area (Å²) in [6, 6.07) is 26.6. The SMILES string of the molecule is CN1CCN(C(=O)c2ccc(NC(=O)Nc3ccc(-c4nc(N5CCOCC5)c5ccc(-c6cccc(S(C)(=O)=O)c6)cc5n4)cc3)cc2)CC1. The molecule has 3 amide bonds. The topological polar surface area (TPSA) is 137 Å². The van der Waals surface area contributed by atoms with Crippen LogP contribution >= 0.6 is 0 Å². The number of aromatic nitrogens is 2. The smallest absolute Gasteiger partial charge is 0.323 e. The molecule has 3 heterocycles. The summed E-state index contributed by atoms with van der Waals surface area (Å²) in [5.74, 6) is 1.31. The van der Waals surface area contributed by atoms with Crippen molar-refractivity contribution in [2.24, 2.45) is 0 Å². The van der Waals surface area contributed by atoms with Crippen LogP contribution in [0.5, 0.6) is 0 Å². The molecule has 262 valence electrons. The van der Waals surface area contributed by atoms with E-state index in [1.165, 1.54) is 6.26 Å². The third kappa shape index (κ3) is 7.85. The maximum atomic E-state index is 12.9. The Hall–Kier alpha value is -5.37. The first-order chi connectivity index (χ1) is 24.6. The van der Waals surface area contributed by atoms with E-state index < -0.39 is 15.9 Å². The van der Waals surface area contributed by atoms with Gasteiger partial charge in [-0.05, 0) is 91.0 Å². The van der Waals surface area contributed by atoms with Gasteiger partial charge in [-0.3, -0.25) is 4.79 Å². The number of sulfone groups is 1. The second-order valence-electron chi connectivity index (χ2n) is 12.8. The Morgan fingerprint density at radius 2 is 1.35 bits per heavy atom. The molecule has 0 atom stereocenters. The molecule has 0 saturated carbocycles. The summed E-state index contributed by atoms with van der Waals surface area (Å²) in [6.45, 7) is 5.67. The molecule has 2 N–H and O–H groups in total. The van der Waals surface area contributed by atoms with E-state index >= 15 is 0 Å². The minimum atomic E-state index is -3.36. The number of fused-ring (bicyclic) bond motifs is 1. The molecule has 51 heavy (non-hydrogen) atoms. The van der Waals surface area contributed by atoms with Crippen molar-refractivity contribution in [3.63, 3.8) is 0 Å². The first kappa shape index (κ1) is 34.1. The molecule has 4 aromatic carbocycles. The number of benzene rings is 4. The van der Waals surface area contributed by atoms with E-state index in [1.807, 2.05) is 48.3 Å². The molecule has 2 fully saturated rings. The summed E-state index contributed by atoms with van der Waals surface area (Å²) in [4.78, 5) is 42.1. The van der Waals surface area contributed by atoms with E-state index in [-0.39, 0.29) is 10.8 Å². The normalized spacial score (nSPS) is 15.5. The molecule has 5 aromatic rings. The van der Waals surface area contributed by atoms with Gasteiger partial charge in [0.25, 0.3) is 5.91 Å². The number of morpholine rings is 1. The number of carbonyl (C=O) groups is 2. The fourth-order valence-electron chi connectivity index (χ4n) is 6.23. The van der Waals surface area contributed by atoms with E-state index in [9.17, 15) is 18.0 Å². The second-order valence-corrected chi connectivity index (χ2v) is 14.8. The van der Waals surface area contributed by atoms with E-state index in [1.54, 1.807) is 54.6 Å². The predicted octanol–water partition coefficient (Wildman–Crippen LogP) is 5.24. The van der Waals surface area contributed by atoms with Crippen LogP contribution in [0.25, 0.3) is 33.4 Å². The van der Waals surface area contributed by atoms with Crippen LogP contribution in [0.1, 0.15) is 10.4 Å². The quantitative estimate of drug-likeness (QED) is 0.233. The number of urea groups is 1. The molecule has 13 heteroatoms. The lowest BCUT2D eigenvalue weighted by Crippen LogP contribution is -2.47. The third-order valence-corrected chi connectivity index (χ3v) is 10.3.